The Kier molecular flexibility index (Phi) is 9.95. The Balaban J connectivity index is 0.00000312. The van der Waals surface area contributed by atoms with Crippen LogP contribution in [-0.2, 0) is 29.2 Å². The Labute approximate surface area is 172 Å². The second-order valence-electron chi connectivity index (χ2n) is 6.65. The zero-order chi connectivity index (χ0) is 17.6. The average molecular weight is 386 g/mol. The van der Waals surface area contributed by atoms with E-state index < -0.39 is 33.7 Å². The fraction of sp³-hybridized carbons (Fsp3) is 0.875. The molecule has 1 N–H and O–H groups in total. The maximum absolute atomic E-state index is 12.1. The summed E-state index contributed by atoms with van der Waals surface area (Å²) in [5.74, 6) is -1.85. The van der Waals surface area contributed by atoms with Gasteiger partial charge in [0.1, 0.15) is 12.2 Å². The predicted octanol–water partition coefficient (Wildman–Crippen LogP) is -0.499. The van der Waals surface area contributed by atoms with Gasteiger partial charge in [-0.1, -0.05) is 12.8 Å². The number of ether oxygens (including phenoxy) is 2. The molecule has 0 spiro atoms. The maximum Gasteiger partial charge on any atom is 1.00 e. The Hall–Kier alpha value is -0.150. The standard InChI is InChI=1S/C16H26O7S.Na.H/c17-15(22-12-7-3-1-4-8-12)11-14(24(19,20)21)16(18)23-13-9-5-2-6-10-13;;/h12-14H,1-11H2,(H,19,20,21);;/q;+1;-1. The molecule has 0 saturated heterocycles. The molecular formula is C16H27NaO7S. The molecule has 0 bridgehead atoms. The van der Waals surface area contributed by atoms with Crippen LogP contribution < -0.4 is 29.6 Å². The summed E-state index contributed by atoms with van der Waals surface area (Å²) < 4.78 is 42.7. The molecule has 25 heavy (non-hydrogen) atoms. The van der Waals surface area contributed by atoms with E-state index in [0.717, 1.165) is 51.4 Å². The van der Waals surface area contributed by atoms with Crippen molar-refractivity contribution in [3.63, 3.8) is 0 Å². The number of carbonyl (C=O) groups excluding carboxylic acids is 2. The van der Waals surface area contributed by atoms with Gasteiger partial charge in [-0.25, -0.2) is 0 Å². The second-order valence-corrected chi connectivity index (χ2v) is 8.25. The second kappa shape index (κ2) is 10.9. The van der Waals surface area contributed by atoms with Gasteiger partial charge in [-0.2, -0.15) is 8.42 Å². The molecule has 2 saturated carbocycles. The largest absolute Gasteiger partial charge is 1.00 e. The monoisotopic (exact) mass is 386 g/mol. The molecule has 0 aromatic carbocycles. The first-order valence-corrected chi connectivity index (χ1v) is 10.2. The van der Waals surface area contributed by atoms with Crippen molar-refractivity contribution < 1.29 is 63.0 Å². The molecular weight excluding hydrogens is 359 g/mol. The minimum absolute atomic E-state index is 0. The molecule has 7 nitrogen and oxygen atoms in total. The third-order valence-corrected chi connectivity index (χ3v) is 5.74. The van der Waals surface area contributed by atoms with E-state index in [0.29, 0.717) is 12.8 Å². The van der Waals surface area contributed by atoms with Crippen molar-refractivity contribution in [2.45, 2.75) is 88.1 Å². The van der Waals surface area contributed by atoms with Gasteiger partial charge in [0.25, 0.3) is 10.1 Å². The van der Waals surface area contributed by atoms with Crippen LogP contribution in [-0.4, -0.2) is 42.4 Å². The molecule has 9 heteroatoms. The van der Waals surface area contributed by atoms with Crippen LogP contribution in [0.5, 0.6) is 0 Å². The van der Waals surface area contributed by atoms with Gasteiger partial charge in [0.05, 0.1) is 6.42 Å². The van der Waals surface area contributed by atoms with Crippen molar-refractivity contribution in [2.24, 2.45) is 0 Å². The molecule has 140 valence electrons. The van der Waals surface area contributed by atoms with Crippen molar-refractivity contribution >= 4 is 22.1 Å². The SMILES string of the molecule is O=C(CC(C(=O)OC1CCCCC1)S(=O)(=O)O)OC1CCCCC1.[H-].[Na+]. The van der Waals surface area contributed by atoms with Crippen LogP contribution in [0.2, 0.25) is 0 Å². The van der Waals surface area contributed by atoms with Gasteiger partial charge in [-0.05, 0) is 51.4 Å². The van der Waals surface area contributed by atoms with E-state index in [9.17, 15) is 22.6 Å². The zero-order valence-corrected chi connectivity index (χ0v) is 17.6. The first-order chi connectivity index (χ1) is 11.4. The van der Waals surface area contributed by atoms with Crippen LogP contribution >= 0.6 is 0 Å². The van der Waals surface area contributed by atoms with Crippen molar-refractivity contribution in [2.75, 3.05) is 0 Å². The topological polar surface area (TPSA) is 107 Å². The van der Waals surface area contributed by atoms with E-state index >= 15 is 0 Å². The molecule has 2 aliphatic rings. The number of hydrogen-bond acceptors (Lipinski definition) is 6. The van der Waals surface area contributed by atoms with Gasteiger partial charge >= 0.3 is 41.5 Å². The van der Waals surface area contributed by atoms with Crippen LogP contribution in [0.1, 0.15) is 72.1 Å². The van der Waals surface area contributed by atoms with E-state index in [2.05, 4.69) is 0 Å². The molecule has 0 aromatic rings. The molecule has 0 radical (unpaired) electrons. The Bertz CT molecular complexity index is 543. The number of esters is 2. The van der Waals surface area contributed by atoms with Crippen LogP contribution in [0.15, 0.2) is 0 Å². The number of hydrogen-bond donors (Lipinski definition) is 1. The Morgan fingerprint density at radius 3 is 1.80 bits per heavy atom. The third kappa shape index (κ3) is 7.95. The van der Waals surface area contributed by atoms with Gasteiger partial charge in [0.2, 0.25) is 0 Å². The van der Waals surface area contributed by atoms with Crippen LogP contribution in [0, 0.1) is 0 Å². The minimum Gasteiger partial charge on any atom is -1.00 e. The molecule has 0 aromatic heterocycles. The summed E-state index contributed by atoms with van der Waals surface area (Å²) in [6.07, 6.45) is 7.46. The summed E-state index contributed by atoms with van der Waals surface area (Å²) in [4.78, 5) is 24.1. The fourth-order valence-corrected chi connectivity index (χ4v) is 3.95. The summed E-state index contributed by atoms with van der Waals surface area (Å²) in [6, 6.07) is 0. The van der Waals surface area contributed by atoms with Crippen LogP contribution in [0.25, 0.3) is 0 Å². The molecule has 0 heterocycles. The van der Waals surface area contributed by atoms with E-state index in [-0.39, 0.29) is 43.2 Å². The molecule has 1 unspecified atom stereocenters. The Morgan fingerprint density at radius 2 is 1.36 bits per heavy atom. The molecule has 1 atom stereocenters. The average Bonchev–Trinajstić information content (AvgIpc) is 2.53. The predicted molar refractivity (Wildman–Crippen MR) is 87.0 cm³/mol. The zero-order valence-electron chi connectivity index (χ0n) is 15.8. The minimum atomic E-state index is -4.73. The van der Waals surface area contributed by atoms with E-state index in [1.165, 1.54) is 0 Å². The van der Waals surface area contributed by atoms with Gasteiger partial charge in [-0.15, -0.1) is 0 Å². The molecule has 0 amide bonds. The summed E-state index contributed by atoms with van der Waals surface area (Å²) in [5, 5.41) is -1.91. The van der Waals surface area contributed by atoms with Gasteiger partial charge < -0.3 is 10.9 Å². The third-order valence-electron chi connectivity index (χ3n) is 4.66. The van der Waals surface area contributed by atoms with Crippen molar-refractivity contribution in [1.82, 2.24) is 0 Å². The maximum atomic E-state index is 12.1. The number of carbonyl (C=O) groups is 2. The molecule has 2 rings (SSSR count). The quantitative estimate of drug-likeness (QED) is 0.373. The first-order valence-electron chi connectivity index (χ1n) is 8.72. The van der Waals surface area contributed by atoms with Crippen LogP contribution in [0.3, 0.4) is 0 Å². The van der Waals surface area contributed by atoms with Crippen molar-refractivity contribution in [3.05, 3.63) is 0 Å². The number of rotatable bonds is 6. The van der Waals surface area contributed by atoms with Crippen molar-refractivity contribution in [1.29, 1.82) is 0 Å². The van der Waals surface area contributed by atoms with E-state index in [1.54, 1.807) is 0 Å². The smallest absolute Gasteiger partial charge is 1.00 e. The van der Waals surface area contributed by atoms with E-state index in [1.807, 2.05) is 0 Å². The first kappa shape index (κ1) is 22.9. The fourth-order valence-electron chi connectivity index (χ4n) is 3.30. The molecule has 0 aliphatic heterocycles. The van der Waals surface area contributed by atoms with Crippen LogP contribution in [0.4, 0.5) is 0 Å². The van der Waals surface area contributed by atoms with E-state index in [4.69, 9.17) is 9.47 Å². The van der Waals surface area contributed by atoms with Gasteiger partial charge in [0, 0.05) is 0 Å². The van der Waals surface area contributed by atoms with Crippen molar-refractivity contribution in [3.8, 4) is 0 Å². The molecule has 2 aliphatic carbocycles. The summed E-state index contributed by atoms with van der Waals surface area (Å²) in [5.41, 5.74) is 0. The van der Waals surface area contributed by atoms with Gasteiger partial charge in [-0.3, -0.25) is 14.1 Å². The summed E-state index contributed by atoms with van der Waals surface area (Å²) in [6.45, 7) is 0. The summed E-state index contributed by atoms with van der Waals surface area (Å²) in [7, 11) is -4.73. The van der Waals surface area contributed by atoms with Gasteiger partial charge in [0.15, 0.2) is 5.25 Å². The normalized spacial score (nSPS) is 21.0. The Morgan fingerprint density at radius 1 is 0.920 bits per heavy atom. The summed E-state index contributed by atoms with van der Waals surface area (Å²) >= 11 is 0. The molecule has 2 fully saturated rings.